The largest absolute Gasteiger partial charge is 0.508 e. The molecule has 8 unspecified atom stereocenters. The first kappa shape index (κ1) is 42.2. The summed E-state index contributed by atoms with van der Waals surface area (Å²) in [5, 5.41) is 125. The second kappa shape index (κ2) is 16.8. The van der Waals surface area contributed by atoms with Gasteiger partial charge in [-0.3, -0.25) is 9.59 Å². The van der Waals surface area contributed by atoms with E-state index in [9.17, 15) is 70.9 Å². The van der Waals surface area contributed by atoms with Gasteiger partial charge < -0.3 is 98.9 Å². The Kier molecular flexibility index (Phi) is 12.5. The highest BCUT2D eigenvalue weighted by Crippen LogP contribution is 2.40. The third kappa shape index (κ3) is 8.31. The van der Waals surface area contributed by atoms with Crippen molar-refractivity contribution < 1.29 is 104 Å². The van der Waals surface area contributed by atoms with E-state index in [0.717, 1.165) is 31.2 Å². The van der Waals surface area contributed by atoms with Crippen molar-refractivity contribution >= 4 is 16.9 Å². The van der Waals surface area contributed by atoms with Crippen molar-refractivity contribution in [1.82, 2.24) is 0 Å². The molecule has 3 aliphatic heterocycles. The van der Waals surface area contributed by atoms with E-state index < -0.39 is 157 Å². The van der Waals surface area contributed by atoms with Crippen LogP contribution in [0.2, 0.25) is 0 Å². The summed E-state index contributed by atoms with van der Waals surface area (Å²) in [5.41, 5.74) is -1.51. The van der Waals surface area contributed by atoms with Crippen LogP contribution in [0.1, 0.15) is 13.8 Å². The SMILES string of the molecule is CC(=O)O[C@H]1C(C)O[C@@H](OCC2O[C@@H](Oc3c(-c4ccc(O)c(O)c4)oc4cc(O)cc(O)c4c3=O)C(O)C(O)[C@H]2O)C(O)[C@H]1O[C@@H]1OC(CO)[C@@H](O)C(O)C1O. The molecule has 314 valence electrons. The molecule has 3 fully saturated rings. The molecule has 0 spiro atoms. The number of hydrogen-bond acceptors (Lipinski definition) is 22. The number of benzene rings is 2. The number of hydrogen-bond donors (Lipinski definition) is 12. The average molecular weight is 815 g/mol. The van der Waals surface area contributed by atoms with E-state index in [1.807, 2.05) is 0 Å². The summed E-state index contributed by atoms with van der Waals surface area (Å²) in [5.74, 6) is -4.46. The van der Waals surface area contributed by atoms with Gasteiger partial charge >= 0.3 is 5.97 Å². The van der Waals surface area contributed by atoms with E-state index in [2.05, 4.69) is 0 Å². The van der Waals surface area contributed by atoms with Gasteiger partial charge in [0.15, 0.2) is 35.9 Å². The van der Waals surface area contributed by atoms with Crippen molar-refractivity contribution in [3.63, 3.8) is 0 Å². The predicted octanol–water partition coefficient (Wildman–Crippen LogP) is -3.29. The minimum atomic E-state index is -2.07. The molecule has 0 saturated carbocycles. The summed E-state index contributed by atoms with van der Waals surface area (Å²) in [6.07, 6.45) is -26.1. The molecule has 3 saturated heterocycles. The number of fused-ring (bicyclic) bond motifs is 1. The number of esters is 1. The monoisotopic (exact) mass is 814 g/mol. The molecule has 22 heteroatoms. The summed E-state index contributed by atoms with van der Waals surface area (Å²) in [7, 11) is 0. The number of phenols is 4. The molecule has 0 aliphatic carbocycles. The number of carbonyl (C=O) groups excluding carboxylic acids is 1. The van der Waals surface area contributed by atoms with Crippen LogP contribution in [0.15, 0.2) is 39.5 Å². The zero-order chi connectivity index (χ0) is 41.6. The van der Waals surface area contributed by atoms with Crippen LogP contribution in [0.3, 0.4) is 0 Å². The Morgan fingerprint density at radius 3 is 2.02 bits per heavy atom. The lowest BCUT2D eigenvalue weighted by atomic mass is 9.97. The smallest absolute Gasteiger partial charge is 0.303 e. The number of aliphatic hydroxyl groups excluding tert-OH is 8. The highest BCUT2D eigenvalue weighted by atomic mass is 16.8. The first-order chi connectivity index (χ1) is 26.9. The van der Waals surface area contributed by atoms with Gasteiger partial charge in [0.25, 0.3) is 0 Å². The molecule has 57 heavy (non-hydrogen) atoms. The standard InChI is InChI=1S/C35H42O22/c1-10-29(52-11(2)37)32(57-34-26(47)24(45)21(42)18(8-36)54-34)28(49)33(51-10)50-9-19-22(43)25(46)27(48)35(55-19)56-31-23(44)20-16(41)6-13(38)7-17(20)53-30(31)12-3-4-14(39)15(40)5-12/h3-7,10,18-19,21-22,24-29,32-36,38-43,45-49H,8-9H2,1-2H3/t10?,18?,19?,21-,22+,24?,25?,26?,27?,28?,29+,32-,33-,34+,35+/m1/s1. The van der Waals surface area contributed by atoms with Gasteiger partial charge in [0, 0.05) is 24.6 Å². The van der Waals surface area contributed by atoms with Crippen molar-refractivity contribution in [2.45, 2.75) is 106 Å². The fourth-order valence-electron chi connectivity index (χ4n) is 6.66. The molecular weight excluding hydrogens is 772 g/mol. The molecule has 0 radical (unpaired) electrons. The van der Waals surface area contributed by atoms with Crippen LogP contribution in [0.25, 0.3) is 22.3 Å². The van der Waals surface area contributed by atoms with Gasteiger partial charge in [0.1, 0.15) is 83.5 Å². The first-order valence-corrected chi connectivity index (χ1v) is 17.4. The van der Waals surface area contributed by atoms with Crippen LogP contribution >= 0.6 is 0 Å². The van der Waals surface area contributed by atoms with E-state index in [1.165, 1.54) is 13.0 Å². The molecule has 15 atom stereocenters. The van der Waals surface area contributed by atoms with Gasteiger partial charge in [-0.15, -0.1) is 0 Å². The molecule has 1 aromatic heterocycles. The Labute approximate surface area is 320 Å². The van der Waals surface area contributed by atoms with Crippen molar-refractivity contribution in [2.75, 3.05) is 13.2 Å². The van der Waals surface area contributed by atoms with E-state index in [0.29, 0.717) is 0 Å². The Balaban J connectivity index is 1.25. The average Bonchev–Trinajstić information content (AvgIpc) is 3.15. The molecule has 0 amide bonds. The van der Waals surface area contributed by atoms with Crippen LogP contribution < -0.4 is 10.2 Å². The predicted molar refractivity (Wildman–Crippen MR) is 182 cm³/mol. The van der Waals surface area contributed by atoms with Crippen LogP contribution in [-0.2, 0) is 33.2 Å². The molecule has 4 heterocycles. The molecule has 3 aromatic rings. The van der Waals surface area contributed by atoms with Crippen molar-refractivity contribution in [3.05, 3.63) is 40.6 Å². The fourth-order valence-corrected chi connectivity index (χ4v) is 6.66. The van der Waals surface area contributed by atoms with E-state index in [-0.39, 0.29) is 11.1 Å². The number of ether oxygens (including phenoxy) is 7. The molecule has 2 aromatic carbocycles. The highest BCUT2D eigenvalue weighted by Gasteiger charge is 2.53. The van der Waals surface area contributed by atoms with Gasteiger partial charge in [-0.1, -0.05) is 0 Å². The maximum atomic E-state index is 13.8. The summed E-state index contributed by atoms with van der Waals surface area (Å²) < 4.78 is 45.1. The fraction of sp³-hybridized carbons (Fsp3) is 0.543. The third-order valence-corrected chi connectivity index (χ3v) is 9.67. The van der Waals surface area contributed by atoms with Gasteiger partial charge in [0.2, 0.25) is 17.5 Å². The van der Waals surface area contributed by atoms with Gasteiger partial charge in [-0.25, -0.2) is 0 Å². The molecular formula is C35H42O22. The zero-order valence-corrected chi connectivity index (χ0v) is 29.9. The summed E-state index contributed by atoms with van der Waals surface area (Å²) in [6.45, 7) is 0.899. The van der Waals surface area contributed by atoms with Crippen LogP contribution in [0, 0.1) is 0 Å². The van der Waals surface area contributed by atoms with Crippen LogP contribution in [0.4, 0.5) is 0 Å². The second-order valence-electron chi connectivity index (χ2n) is 13.7. The topological polar surface area (TPSA) is 355 Å². The maximum absolute atomic E-state index is 13.8. The lowest BCUT2D eigenvalue weighted by molar-refractivity contribution is -0.361. The Morgan fingerprint density at radius 2 is 1.37 bits per heavy atom. The first-order valence-electron chi connectivity index (χ1n) is 17.4. The van der Waals surface area contributed by atoms with Crippen molar-refractivity contribution in [3.8, 4) is 40.1 Å². The van der Waals surface area contributed by atoms with E-state index >= 15 is 0 Å². The molecule has 12 N–H and O–H groups in total. The second-order valence-corrected chi connectivity index (χ2v) is 13.7. The third-order valence-electron chi connectivity index (χ3n) is 9.67. The number of phenolic OH excluding ortho intramolecular Hbond substituents is 4. The summed E-state index contributed by atoms with van der Waals surface area (Å²) >= 11 is 0. The summed E-state index contributed by atoms with van der Waals surface area (Å²) in [6, 6.07) is 5.08. The Morgan fingerprint density at radius 1 is 0.719 bits per heavy atom. The minimum Gasteiger partial charge on any atom is -0.508 e. The van der Waals surface area contributed by atoms with Crippen molar-refractivity contribution in [1.29, 1.82) is 0 Å². The number of aromatic hydroxyl groups is 4. The Bertz CT molecular complexity index is 1970. The number of rotatable bonds is 10. The summed E-state index contributed by atoms with van der Waals surface area (Å²) in [4.78, 5) is 25.8. The molecule has 6 rings (SSSR count). The maximum Gasteiger partial charge on any atom is 0.303 e. The normalized spacial score (nSPS) is 35.9. The lowest BCUT2D eigenvalue weighted by Gasteiger charge is -2.46. The van der Waals surface area contributed by atoms with Crippen LogP contribution in [0.5, 0.6) is 28.7 Å². The molecule has 22 nitrogen and oxygen atoms in total. The van der Waals surface area contributed by atoms with Crippen LogP contribution in [-0.4, -0.2) is 173 Å². The van der Waals surface area contributed by atoms with E-state index in [1.54, 1.807) is 0 Å². The number of carbonyl (C=O) groups is 1. The Hall–Kier alpha value is -4.40. The lowest BCUT2D eigenvalue weighted by Crippen LogP contribution is -2.65. The molecule has 3 aliphatic rings. The minimum absolute atomic E-state index is 0.0852. The highest BCUT2D eigenvalue weighted by molar-refractivity contribution is 5.88. The zero-order valence-electron chi connectivity index (χ0n) is 29.9. The number of aliphatic hydroxyl groups is 8. The van der Waals surface area contributed by atoms with E-state index in [4.69, 9.17) is 37.6 Å². The van der Waals surface area contributed by atoms with Crippen molar-refractivity contribution in [2.24, 2.45) is 0 Å². The molecule has 0 bridgehead atoms. The quantitative estimate of drug-likeness (QED) is 0.0705. The van der Waals surface area contributed by atoms with Gasteiger partial charge in [-0.2, -0.15) is 0 Å². The van der Waals surface area contributed by atoms with Gasteiger partial charge in [0.05, 0.1) is 19.3 Å². The van der Waals surface area contributed by atoms with Gasteiger partial charge in [-0.05, 0) is 25.1 Å².